The third kappa shape index (κ3) is 4.76. The van der Waals surface area contributed by atoms with Crippen molar-refractivity contribution in [1.82, 2.24) is 19.7 Å². The molecule has 1 N–H and O–H groups in total. The first-order chi connectivity index (χ1) is 14.3. The third-order valence-corrected chi connectivity index (χ3v) is 5.92. The van der Waals surface area contributed by atoms with E-state index in [0.717, 1.165) is 50.8 Å². The van der Waals surface area contributed by atoms with Crippen molar-refractivity contribution in [1.29, 1.82) is 0 Å². The number of amides is 1. The Labute approximate surface area is 172 Å². The molecule has 7 nitrogen and oxygen atoms in total. The monoisotopic (exact) mass is 426 g/mol. The van der Waals surface area contributed by atoms with Crippen LogP contribution in [-0.4, -0.2) is 65.7 Å². The van der Waals surface area contributed by atoms with Crippen molar-refractivity contribution >= 4 is 5.91 Å². The Kier molecular flexibility index (Phi) is 5.99. The van der Waals surface area contributed by atoms with Crippen molar-refractivity contribution in [3.05, 3.63) is 45.5 Å². The summed E-state index contributed by atoms with van der Waals surface area (Å²) in [5, 5.41) is 2.80. The van der Waals surface area contributed by atoms with Gasteiger partial charge in [-0.05, 0) is 24.5 Å². The maximum absolute atomic E-state index is 13.0. The molecule has 3 aliphatic rings. The molecule has 0 spiro atoms. The van der Waals surface area contributed by atoms with Gasteiger partial charge in [-0.3, -0.25) is 19.4 Å². The predicted octanol–water partition coefficient (Wildman–Crippen LogP) is 1.18. The van der Waals surface area contributed by atoms with Gasteiger partial charge in [0.15, 0.2) is 0 Å². The molecule has 1 aromatic rings. The number of fused-ring (bicyclic) bond motifs is 1. The molecule has 0 radical (unpaired) electrons. The van der Waals surface area contributed by atoms with Crippen LogP contribution >= 0.6 is 0 Å². The van der Waals surface area contributed by atoms with Crippen molar-refractivity contribution in [2.75, 3.05) is 39.4 Å². The van der Waals surface area contributed by atoms with Gasteiger partial charge in [0.1, 0.15) is 0 Å². The van der Waals surface area contributed by atoms with Crippen molar-refractivity contribution in [2.24, 2.45) is 0 Å². The van der Waals surface area contributed by atoms with E-state index in [-0.39, 0.29) is 31.2 Å². The van der Waals surface area contributed by atoms with Gasteiger partial charge in [-0.25, -0.2) is 0 Å². The fraction of sp³-hybridized carbons (Fsp3) is 0.600. The Hall–Kier alpha value is -2.17. The van der Waals surface area contributed by atoms with Gasteiger partial charge < -0.3 is 14.6 Å². The predicted molar refractivity (Wildman–Crippen MR) is 103 cm³/mol. The zero-order chi connectivity index (χ0) is 21.3. The van der Waals surface area contributed by atoms with Gasteiger partial charge >= 0.3 is 6.18 Å². The smallest absolute Gasteiger partial charge is 0.380 e. The maximum atomic E-state index is 13.0. The van der Waals surface area contributed by atoms with Crippen LogP contribution in [0.5, 0.6) is 0 Å². The van der Waals surface area contributed by atoms with E-state index >= 15 is 0 Å². The first kappa shape index (κ1) is 21.1. The molecule has 0 aliphatic carbocycles. The number of ether oxygens (including phenoxy) is 1. The molecule has 2 fully saturated rings. The zero-order valence-corrected chi connectivity index (χ0v) is 16.6. The van der Waals surface area contributed by atoms with Gasteiger partial charge in [0, 0.05) is 63.3 Å². The van der Waals surface area contributed by atoms with Crippen molar-refractivity contribution in [3.63, 3.8) is 0 Å². The van der Waals surface area contributed by atoms with Gasteiger partial charge in [0.05, 0.1) is 18.7 Å². The summed E-state index contributed by atoms with van der Waals surface area (Å²) in [5.41, 5.74) is -0.182. The number of carbonyl (C=O) groups is 1. The van der Waals surface area contributed by atoms with Gasteiger partial charge in [-0.15, -0.1) is 0 Å². The number of pyridine rings is 1. The Morgan fingerprint density at radius 1 is 1.23 bits per heavy atom. The second-order valence-electron chi connectivity index (χ2n) is 8.04. The summed E-state index contributed by atoms with van der Waals surface area (Å²) in [5.74, 6) is -0.215. The standard InChI is InChI=1S/C20H25F3N4O3/c21-20(22,23)15-7-17-11-25(4-5-27(17)19(29)8-15)12-18(28)24-9-14-1-3-26(10-14)16-2-6-30-13-16/h7-9,16H,1-6,10-13H2,(H,24,28). The van der Waals surface area contributed by atoms with E-state index in [1.54, 1.807) is 11.1 Å². The highest BCUT2D eigenvalue weighted by Crippen LogP contribution is 2.29. The lowest BCUT2D eigenvalue weighted by atomic mass is 10.1. The Bertz CT molecular complexity index is 890. The zero-order valence-electron chi connectivity index (χ0n) is 16.6. The Balaban J connectivity index is 1.32. The minimum Gasteiger partial charge on any atom is -0.380 e. The number of carbonyl (C=O) groups excluding carboxylic acids is 1. The highest BCUT2D eigenvalue weighted by Gasteiger charge is 2.33. The lowest BCUT2D eigenvalue weighted by Gasteiger charge is -2.29. The van der Waals surface area contributed by atoms with Crippen LogP contribution in [0.1, 0.15) is 24.1 Å². The second kappa shape index (κ2) is 8.52. The van der Waals surface area contributed by atoms with E-state index in [1.165, 1.54) is 4.57 Å². The molecule has 10 heteroatoms. The number of aromatic nitrogens is 1. The fourth-order valence-corrected chi connectivity index (χ4v) is 4.26. The van der Waals surface area contributed by atoms with E-state index in [2.05, 4.69) is 10.2 Å². The minimum absolute atomic E-state index is 0.0639. The van der Waals surface area contributed by atoms with E-state index in [4.69, 9.17) is 4.74 Å². The van der Waals surface area contributed by atoms with E-state index < -0.39 is 17.3 Å². The molecule has 4 rings (SSSR count). The number of halogens is 3. The first-order valence-corrected chi connectivity index (χ1v) is 10.1. The molecule has 2 saturated heterocycles. The number of nitrogens with zero attached hydrogens (tertiary/aromatic N) is 3. The molecule has 3 aliphatic heterocycles. The number of likely N-dealkylation sites (tertiary alicyclic amines) is 1. The maximum Gasteiger partial charge on any atom is 0.416 e. The molecule has 0 bridgehead atoms. The van der Waals surface area contributed by atoms with Crippen molar-refractivity contribution < 1.29 is 22.7 Å². The number of nitrogens with one attached hydrogen (secondary N) is 1. The van der Waals surface area contributed by atoms with Crippen LogP contribution in [0.2, 0.25) is 0 Å². The van der Waals surface area contributed by atoms with Crippen LogP contribution in [0.3, 0.4) is 0 Å². The highest BCUT2D eigenvalue weighted by atomic mass is 19.4. The van der Waals surface area contributed by atoms with Crippen molar-refractivity contribution in [2.45, 2.75) is 38.1 Å². The van der Waals surface area contributed by atoms with Crippen LogP contribution in [0.15, 0.2) is 28.7 Å². The third-order valence-electron chi connectivity index (χ3n) is 5.92. The normalized spacial score (nSPS) is 24.4. The molecule has 0 aromatic carbocycles. The van der Waals surface area contributed by atoms with Gasteiger partial charge in [0.25, 0.3) is 5.56 Å². The minimum atomic E-state index is -4.57. The molecule has 4 heterocycles. The summed E-state index contributed by atoms with van der Waals surface area (Å²) in [4.78, 5) is 28.4. The van der Waals surface area contributed by atoms with Gasteiger partial charge in [0.2, 0.25) is 5.91 Å². The van der Waals surface area contributed by atoms with Crippen LogP contribution in [0.4, 0.5) is 13.2 Å². The largest absolute Gasteiger partial charge is 0.416 e. The lowest BCUT2D eigenvalue weighted by molar-refractivity contribution is -0.138. The highest BCUT2D eigenvalue weighted by molar-refractivity contribution is 5.79. The first-order valence-electron chi connectivity index (χ1n) is 10.1. The number of hydrogen-bond acceptors (Lipinski definition) is 5. The summed E-state index contributed by atoms with van der Waals surface area (Å²) in [7, 11) is 0. The molecular weight excluding hydrogens is 401 g/mol. The second-order valence-corrected chi connectivity index (χ2v) is 8.04. The molecule has 30 heavy (non-hydrogen) atoms. The van der Waals surface area contributed by atoms with Gasteiger partial charge in [-0.2, -0.15) is 13.2 Å². The summed E-state index contributed by atoms with van der Waals surface area (Å²) >= 11 is 0. The lowest BCUT2D eigenvalue weighted by Crippen LogP contribution is -2.43. The van der Waals surface area contributed by atoms with E-state index in [0.29, 0.717) is 18.7 Å². The SMILES string of the molecule is O=C(CN1CCn2c(cc(C(F)(F)F)cc2=O)C1)NC=C1CCN(C2CCOC2)C1. The number of rotatable bonds is 4. The van der Waals surface area contributed by atoms with Gasteiger partial charge in [-0.1, -0.05) is 0 Å². The number of hydrogen-bond donors (Lipinski definition) is 1. The molecule has 1 amide bonds. The van der Waals surface area contributed by atoms with Crippen LogP contribution in [0.25, 0.3) is 0 Å². The number of alkyl halides is 3. The molecule has 1 atom stereocenters. The summed E-state index contributed by atoms with van der Waals surface area (Å²) in [6.07, 6.45) is -0.880. The van der Waals surface area contributed by atoms with E-state index in [1.807, 2.05) is 0 Å². The summed E-state index contributed by atoms with van der Waals surface area (Å²) in [6.45, 7) is 4.20. The average Bonchev–Trinajstić information content (AvgIpc) is 3.37. The van der Waals surface area contributed by atoms with Crippen LogP contribution in [0, 0.1) is 0 Å². The molecular formula is C20H25F3N4O3. The van der Waals surface area contributed by atoms with Crippen molar-refractivity contribution in [3.8, 4) is 0 Å². The molecule has 0 saturated carbocycles. The molecule has 164 valence electrons. The molecule has 1 unspecified atom stereocenters. The van der Waals surface area contributed by atoms with Crippen LogP contribution < -0.4 is 10.9 Å². The molecule has 1 aromatic heterocycles. The van der Waals surface area contributed by atoms with Crippen LogP contribution in [-0.2, 0) is 28.8 Å². The Morgan fingerprint density at radius 2 is 2.07 bits per heavy atom. The quantitative estimate of drug-likeness (QED) is 0.783. The Morgan fingerprint density at radius 3 is 2.80 bits per heavy atom. The average molecular weight is 426 g/mol. The summed E-state index contributed by atoms with van der Waals surface area (Å²) < 4.78 is 45.7. The fourth-order valence-electron chi connectivity index (χ4n) is 4.26. The topological polar surface area (TPSA) is 66.8 Å². The summed E-state index contributed by atoms with van der Waals surface area (Å²) in [6, 6.07) is 2.07. The van der Waals surface area contributed by atoms with E-state index in [9.17, 15) is 22.8 Å².